The normalized spacial score (nSPS) is 13.5. The van der Waals surface area contributed by atoms with Gasteiger partial charge in [-0.25, -0.2) is 4.68 Å². The molecule has 108 valence electrons. The molecule has 1 aromatic heterocycles. The summed E-state index contributed by atoms with van der Waals surface area (Å²) in [6.45, 7) is 1.93. The Labute approximate surface area is 122 Å². The van der Waals surface area contributed by atoms with Crippen LogP contribution in [0.25, 0.3) is 5.69 Å². The molecule has 0 spiro atoms. The number of hydrogen-bond acceptors (Lipinski definition) is 2. The largest absolute Gasteiger partial charge is 0.419 e. The maximum Gasteiger partial charge on any atom is 0.419 e. The average Bonchev–Trinajstić information content (AvgIpc) is 2.87. The van der Waals surface area contributed by atoms with Crippen LogP contribution in [0.1, 0.15) is 24.1 Å². The zero-order valence-corrected chi connectivity index (χ0v) is 12.5. The molecule has 0 aliphatic rings. The lowest BCUT2D eigenvalue weighted by Gasteiger charge is -2.16. The minimum atomic E-state index is -4.39. The fourth-order valence-electron chi connectivity index (χ4n) is 1.84. The Morgan fingerprint density at radius 2 is 2.05 bits per heavy atom. The van der Waals surface area contributed by atoms with Crippen LogP contribution in [0, 0.1) is 0 Å². The number of nitrogens with one attached hydrogen (secondary N) is 1. The molecule has 0 radical (unpaired) electrons. The van der Waals surface area contributed by atoms with Crippen molar-refractivity contribution in [2.24, 2.45) is 0 Å². The van der Waals surface area contributed by atoms with E-state index in [1.54, 1.807) is 13.1 Å². The van der Waals surface area contributed by atoms with Gasteiger partial charge in [-0.2, -0.15) is 18.3 Å². The van der Waals surface area contributed by atoms with Gasteiger partial charge in [-0.1, -0.05) is 22.0 Å². The number of aromatic nitrogens is 2. The van der Waals surface area contributed by atoms with Crippen LogP contribution in [0.15, 0.2) is 35.1 Å². The van der Waals surface area contributed by atoms with Crippen molar-refractivity contribution in [1.29, 1.82) is 0 Å². The zero-order valence-electron chi connectivity index (χ0n) is 10.9. The van der Waals surface area contributed by atoms with Gasteiger partial charge >= 0.3 is 6.18 Å². The molecule has 0 aliphatic heterocycles. The van der Waals surface area contributed by atoms with Crippen molar-refractivity contribution in [3.63, 3.8) is 0 Å². The van der Waals surface area contributed by atoms with Crippen molar-refractivity contribution >= 4 is 15.9 Å². The molecular formula is C13H13BrF3N3. The van der Waals surface area contributed by atoms with Crippen LogP contribution in [-0.4, -0.2) is 16.8 Å². The number of nitrogens with zero attached hydrogens (tertiary/aromatic N) is 2. The van der Waals surface area contributed by atoms with E-state index in [1.165, 1.54) is 4.68 Å². The SMILES string of the molecule is CNC(C)c1ccc(Br)cc1-n1cc(C(F)(F)F)cn1. The summed E-state index contributed by atoms with van der Waals surface area (Å²) in [6.07, 6.45) is -2.57. The molecule has 0 saturated carbocycles. The van der Waals surface area contributed by atoms with Crippen molar-refractivity contribution in [1.82, 2.24) is 15.1 Å². The summed E-state index contributed by atoms with van der Waals surface area (Å²) < 4.78 is 40.0. The summed E-state index contributed by atoms with van der Waals surface area (Å²) in [6, 6.07) is 5.45. The van der Waals surface area contributed by atoms with Crippen molar-refractivity contribution in [2.75, 3.05) is 7.05 Å². The van der Waals surface area contributed by atoms with E-state index >= 15 is 0 Å². The second-order valence-corrected chi connectivity index (χ2v) is 5.30. The van der Waals surface area contributed by atoms with Crippen LogP contribution in [0.5, 0.6) is 0 Å². The van der Waals surface area contributed by atoms with Gasteiger partial charge < -0.3 is 5.32 Å². The molecule has 0 bridgehead atoms. The number of alkyl halides is 3. The summed E-state index contributed by atoms with van der Waals surface area (Å²) in [5.74, 6) is 0. The van der Waals surface area contributed by atoms with Crippen LogP contribution in [-0.2, 0) is 6.18 Å². The summed E-state index contributed by atoms with van der Waals surface area (Å²) in [5, 5.41) is 6.89. The van der Waals surface area contributed by atoms with Gasteiger partial charge in [0.25, 0.3) is 0 Å². The Kier molecular flexibility index (Phi) is 4.19. The predicted octanol–water partition coefficient (Wildman–Crippen LogP) is 3.93. The standard InChI is InChI=1S/C13H13BrF3N3/c1-8(18-2)11-4-3-10(14)5-12(11)20-7-9(6-19-20)13(15,16)17/h3-8,18H,1-2H3. The molecule has 1 heterocycles. The van der Waals surface area contributed by atoms with E-state index in [0.717, 1.165) is 22.4 Å². The second kappa shape index (κ2) is 5.57. The topological polar surface area (TPSA) is 29.9 Å². The first-order valence-corrected chi connectivity index (χ1v) is 6.71. The molecule has 0 saturated heterocycles. The van der Waals surface area contributed by atoms with E-state index < -0.39 is 11.7 Å². The van der Waals surface area contributed by atoms with Crippen LogP contribution < -0.4 is 5.32 Å². The van der Waals surface area contributed by atoms with Gasteiger partial charge in [0.2, 0.25) is 0 Å². The summed E-state index contributed by atoms with van der Waals surface area (Å²) in [5.41, 5.74) is 0.713. The zero-order chi connectivity index (χ0) is 14.9. The van der Waals surface area contributed by atoms with Gasteiger partial charge in [0, 0.05) is 16.7 Å². The highest BCUT2D eigenvalue weighted by molar-refractivity contribution is 9.10. The number of halogens is 4. The average molecular weight is 348 g/mol. The van der Waals surface area contributed by atoms with Gasteiger partial charge in [0.05, 0.1) is 17.4 Å². The van der Waals surface area contributed by atoms with Crippen molar-refractivity contribution in [3.05, 3.63) is 46.2 Å². The first kappa shape index (κ1) is 15.1. The molecular weight excluding hydrogens is 335 g/mol. The second-order valence-electron chi connectivity index (χ2n) is 4.38. The quantitative estimate of drug-likeness (QED) is 0.911. The highest BCUT2D eigenvalue weighted by Gasteiger charge is 2.32. The predicted molar refractivity (Wildman–Crippen MR) is 73.7 cm³/mol. The van der Waals surface area contributed by atoms with Gasteiger partial charge in [-0.05, 0) is 31.7 Å². The van der Waals surface area contributed by atoms with Crippen LogP contribution in [0.2, 0.25) is 0 Å². The lowest BCUT2D eigenvalue weighted by atomic mass is 10.1. The van der Waals surface area contributed by atoms with Crippen LogP contribution in [0.3, 0.4) is 0 Å². The lowest BCUT2D eigenvalue weighted by Crippen LogP contribution is -2.15. The third-order valence-electron chi connectivity index (χ3n) is 3.05. The van der Waals surface area contributed by atoms with E-state index in [1.807, 2.05) is 19.1 Å². The highest BCUT2D eigenvalue weighted by Crippen LogP contribution is 2.31. The van der Waals surface area contributed by atoms with E-state index in [9.17, 15) is 13.2 Å². The summed E-state index contributed by atoms with van der Waals surface area (Å²) in [7, 11) is 1.79. The van der Waals surface area contributed by atoms with E-state index in [2.05, 4.69) is 26.3 Å². The maximum absolute atomic E-state index is 12.6. The van der Waals surface area contributed by atoms with Gasteiger partial charge in [-0.3, -0.25) is 0 Å². The Morgan fingerprint density at radius 1 is 1.35 bits per heavy atom. The molecule has 2 aromatic rings. The molecule has 3 nitrogen and oxygen atoms in total. The molecule has 1 aromatic carbocycles. The number of rotatable bonds is 3. The van der Waals surface area contributed by atoms with Gasteiger partial charge in [0.15, 0.2) is 0 Å². The fraction of sp³-hybridized carbons (Fsp3) is 0.308. The monoisotopic (exact) mass is 347 g/mol. The molecule has 20 heavy (non-hydrogen) atoms. The van der Waals surface area contributed by atoms with E-state index in [4.69, 9.17) is 0 Å². The Hall–Kier alpha value is -1.34. The summed E-state index contributed by atoms with van der Waals surface area (Å²) >= 11 is 3.33. The molecule has 1 N–H and O–H groups in total. The highest BCUT2D eigenvalue weighted by atomic mass is 79.9. The molecule has 2 rings (SSSR count). The Bertz CT molecular complexity index is 607. The molecule has 0 aliphatic carbocycles. The number of benzene rings is 1. The van der Waals surface area contributed by atoms with Crippen LogP contribution >= 0.6 is 15.9 Å². The Morgan fingerprint density at radius 3 is 2.60 bits per heavy atom. The molecule has 7 heteroatoms. The van der Waals surface area contributed by atoms with E-state index in [0.29, 0.717) is 5.69 Å². The minimum absolute atomic E-state index is 0.00311. The molecule has 1 unspecified atom stereocenters. The molecule has 1 atom stereocenters. The van der Waals surface area contributed by atoms with Gasteiger partial charge in [0.1, 0.15) is 0 Å². The lowest BCUT2D eigenvalue weighted by molar-refractivity contribution is -0.137. The third kappa shape index (κ3) is 3.04. The molecule has 0 fully saturated rings. The van der Waals surface area contributed by atoms with E-state index in [-0.39, 0.29) is 6.04 Å². The molecule has 0 amide bonds. The van der Waals surface area contributed by atoms with Crippen molar-refractivity contribution in [3.8, 4) is 5.69 Å². The number of hydrogen-bond donors (Lipinski definition) is 1. The minimum Gasteiger partial charge on any atom is -0.313 e. The fourth-order valence-corrected chi connectivity index (χ4v) is 2.19. The first-order valence-electron chi connectivity index (χ1n) is 5.92. The van der Waals surface area contributed by atoms with Crippen molar-refractivity contribution < 1.29 is 13.2 Å². The first-order chi connectivity index (χ1) is 9.32. The smallest absolute Gasteiger partial charge is 0.313 e. The van der Waals surface area contributed by atoms with Crippen molar-refractivity contribution in [2.45, 2.75) is 19.1 Å². The summed E-state index contributed by atoms with van der Waals surface area (Å²) in [4.78, 5) is 0. The van der Waals surface area contributed by atoms with Crippen LogP contribution in [0.4, 0.5) is 13.2 Å². The Balaban J connectivity index is 2.51. The third-order valence-corrected chi connectivity index (χ3v) is 3.54. The maximum atomic E-state index is 12.6. The van der Waals surface area contributed by atoms with Gasteiger partial charge in [-0.15, -0.1) is 0 Å².